The standard InChI is InChI=1S/C25H24N4O3/c1-2-14-26-16-17-8-10-19(11-9-17)27-24(18-6-4-3-5-7-18)23-21-15-20(29(31)32)12-13-22(21)28-25(23)30/h3-13,15,26-27H,2,14,16H2,1H3,(H,28,30)/b24-23-. The zero-order valence-electron chi connectivity index (χ0n) is 17.7. The summed E-state index contributed by atoms with van der Waals surface area (Å²) < 4.78 is 0. The van der Waals surface area contributed by atoms with E-state index in [0.717, 1.165) is 36.3 Å². The van der Waals surface area contributed by atoms with E-state index in [1.165, 1.54) is 12.1 Å². The summed E-state index contributed by atoms with van der Waals surface area (Å²) >= 11 is 0. The molecule has 0 spiro atoms. The number of anilines is 2. The van der Waals surface area contributed by atoms with E-state index in [1.54, 1.807) is 6.07 Å². The fraction of sp³-hybridized carbons (Fsp3) is 0.160. The maximum Gasteiger partial charge on any atom is 0.270 e. The fourth-order valence-corrected chi connectivity index (χ4v) is 3.66. The zero-order valence-corrected chi connectivity index (χ0v) is 17.7. The molecule has 0 aromatic heterocycles. The Bertz CT molecular complexity index is 1170. The number of amides is 1. The summed E-state index contributed by atoms with van der Waals surface area (Å²) in [6, 6.07) is 21.9. The molecule has 7 heteroatoms. The molecular formula is C25H24N4O3. The van der Waals surface area contributed by atoms with Gasteiger partial charge in [0.15, 0.2) is 0 Å². The van der Waals surface area contributed by atoms with Crippen LogP contribution in [0.3, 0.4) is 0 Å². The second-order valence-electron chi connectivity index (χ2n) is 7.56. The molecule has 3 aromatic rings. The number of benzene rings is 3. The number of non-ortho nitro benzene ring substituents is 1. The molecule has 0 saturated heterocycles. The second kappa shape index (κ2) is 9.45. The van der Waals surface area contributed by atoms with Crippen LogP contribution < -0.4 is 16.0 Å². The van der Waals surface area contributed by atoms with Gasteiger partial charge in [0.2, 0.25) is 0 Å². The lowest BCUT2D eigenvalue weighted by Gasteiger charge is -2.15. The molecule has 0 fully saturated rings. The van der Waals surface area contributed by atoms with Crippen LogP contribution in [0.25, 0.3) is 11.3 Å². The predicted molar refractivity (Wildman–Crippen MR) is 127 cm³/mol. The van der Waals surface area contributed by atoms with Gasteiger partial charge in [-0.3, -0.25) is 14.9 Å². The predicted octanol–water partition coefficient (Wildman–Crippen LogP) is 5.03. The highest BCUT2D eigenvalue weighted by molar-refractivity contribution is 6.37. The average Bonchev–Trinajstić information content (AvgIpc) is 3.14. The molecule has 4 rings (SSSR count). The van der Waals surface area contributed by atoms with E-state index >= 15 is 0 Å². The number of nitro benzene ring substituents is 1. The van der Waals surface area contributed by atoms with E-state index in [2.05, 4.69) is 22.9 Å². The Morgan fingerprint density at radius 3 is 2.47 bits per heavy atom. The molecule has 1 aliphatic rings. The van der Waals surface area contributed by atoms with Crippen molar-refractivity contribution in [2.45, 2.75) is 19.9 Å². The molecule has 7 nitrogen and oxygen atoms in total. The van der Waals surface area contributed by atoms with Crippen molar-refractivity contribution in [1.82, 2.24) is 5.32 Å². The summed E-state index contributed by atoms with van der Waals surface area (Å²) in [5, 5.41) is 20.9. The highest BCUT2D eigenvalue weighted by Crippen LogP contribution is 2.39. The average molecular weight is 428 g/mol. The van der Waals surface area contributed by atoms with Crippen molar-refractivity contribution in [3.05, 3.63) is 99.6 Å². The van der Waals surface area contributed by atoms with Crippen LogP contribution in [0.5, 0.6) is 0 Å². The topological polar surface area (TPSA) is 96.3 Å². The van der Waals surface area contributed by atoms with Gasteiger partial charge in [-0.25, -0.2) is 0 Å². The van der Waals surface area contributed by atoms with Gasteiger partial charge in [0.05, 0.1) is 16.2 Å². The molecule has 0 radical (unpaired) electrons. The minimum absolute atomic E-state index is 0.0610. The molecule has 0 saturated carbocycles. The van der Waals surface area contributed by atoms with Crippen LogP contribution >= 0.6 is 0 Å². The lowest BCUT2D eigenvalue weighted by Crippen LogP contribution is -2.13. The Hall–Kier alpha value is -3.97. The van der Waals surface area contributed by atoms with Crippen molar-refractivity contribution < 1.29 is 9.72 Å². The van der Waals surface area contributed by atoms with Gasteiger partial charge in [0, 0.05) is 35.6 Å². The fourth-order valence-electron chi connectivity index (χ4n) is 3.66. The minimum Gasteiger partial charge on any atom is -0.354 e. The number of rotatable bonds is 8. The highest BCUT2D eigenvalue weighted by atomic mass is 16.6. The van der Waals surface area contributed by atoms with Gasteiger partial charge in [-0.05, 0) is 42.3 Å². The van der Waals surface area contributed by atoms with E-state index in [-0.39, 0.29) is 11.6 Å². The number of carbonyl (C=O) groups excluding carboxylic acids is 1. The number of nitro groups is 1. The van der Waals surface area contributed by atoms with Crippen molar-refractivity contribution in [1.29, 1.82) is 0 Å². The molecular weight excluding hydrogens is 404 g/mol. The molecule has 32 heavy (non-hydrogen) atoms. The molecule has 0 bridgehead atoms. The summed E-state index contributed by atoms with van der Waals surface area (Å²) in [5.74, 6) is -0.299. The monoisotopic (exact) mass is 428 g/mol. The van der Waals surface area contributed by atoms with Gasteiger partial charge in [0.1, 0.15) is 0 Å². The maximum atomic E-state index is 12.9. The molecule has 0 unspecified atom stereocenters. The van der Waals surface area contributed by atoms with Gasteiger partial charge >= 0.3 is 0 Å². The van der Waals surface area contributed by atoms with Crippen LogP contribution in [0, 0.1) is 10.1 Å². The smallest absolute Gasteiger partial charge is 0.270 e. The van der Waals surface area contributed by atoms with Crippen LogP contribution in [0.4, 0.5) is 17.1 Å². The molecule has 1 heterocycles. The van der Waals surface area contributed by atoms with Crippen LogP contribution in [0.2, 0.25) is 0 Å². The van der Waals surface area contributed by atoms with E-state index in [4.69, 9.17) is 0 Å². The van der Waals surface area contributed by atoms with Gasteiger partial charge in [-0.2, -0.15) is 0 Å². The molecule has 3 N–H and O–H groups in total. The number of nitrogens with one attached hydrogen (secondary N) is 3. The van der Waals surface area contributed by atoms with Crippen molar-refractivity contribution in [2.75, 3.05) is 17.2 Å². The van der Waals surface area contributed by atoms with Crippen molar-refractivity contribution in [3.63, 3.8) is 0 Å². The van der Waals surface area contributed by atoms with Crippen LogP contribution in [-0.4, -0.2) is 17.4 Å². The highest BCUT2D eigenvalue weighted by Gasteiger charge is 2.30. The van der Waals surface area contributed by atoms with E-state index < -0.39 is 4.92 Å². The zero-order chi connectivity index (χ0) is 22.5. The van der Waals surface area contributed by atoms with Crippen LogP contribution in [0.15, 0.2) is 72.8 Å². The Balaban J connectivity index is 1.75. The van der Waals surface area contributed by atoms with Crippen molar-refractivity contribution in [2.24, 2.45) is 0 Å². The molecule has 162 valence electrons. The Morgan fingerprint density at radius 1 is 1.03 bits per heavy atom. The quantitative estimate of drug-likeness (QED) is 0.202. The largest absolute Gasteiger partial charge is 0.354 e. The third kappa shape index (κ3) is 4.53. The van der Waals surface area contributed by atoms with Gasteiger partial charge in [0.25, 0.3) is 11.6 Å². The summed E-state index contributed by atoms with van der Waals surface area (Å²) in [4.78, 5) is 23.8. The van der Waals surface area contributed by atoms with Gasteiger partial charge in [-0.15, -0.1) is 0 Å². The van der Waals surface area contributed by atoms with E-state index in [1.807, 2.05) is 54.6 Å². The van der Waals surface area contributed by atoms with Crippen LogP contribution in [-0.2, 0) is 11.3 Å². The Morgan fingerprint density at radius 2 is 1.78 bits per heavy atom. The molecule has 0 aliphatic carbocycles. The third-order valence-corrected chi connectivity index (χ3v) is 5.25. The first-order valence-corrected chi connectivity index (χ1v) is 10.5. The Labute approximate surface area is 186 Å². The van der Waals surface area contributed by atoms with E-state index in [9.17, 15) is 14.9 Å². The second-order valence-corrected chi connectivity index (χ2v) is 7.56. The molecule has 1 aliphatic heterocycles. The minimum atomic E-state index is -0.457. The van der Waals surface area contributed by atoms with Crippen molar-refractivity contribution in [3.8, 4) is 0 Å². The number of fused-ring (bicyclic) bond motifs is 1. The number of hydrogen-bond donors (Lipinski definition) is 3. The van der Waals surface area contributed by atoms with E-state index in [0.29, 0.717) is 22.5 Å². The third-order valence-electron chi connectivity index (χ3n) is 5.25. The summed E-state index contributed by atoms with van der Waals surface area (Å²) in [6.45, 7) is 3.88. The first kappa shape index (κ1) is 21.3. The van der Waals surface area contributed by atoms with Gasteiger partial charge < -0.3 is 16.0 Å². The summed E-state index contributed by atoms with van der Waals surface area (Å²) in [6.07, 6.45) is 1.08. The number of carbonyl (C=O) groups is 1. The number of hydrogen-bond acceptors (Lipinski definition) is 5. The van der Waals surface area contributed by atoms with Gasteiger partial charge in [-0.1, -0.05) is 49.4 Å². The lowest BCUT2D eigenvalue weighted by molar-refractivity contribution is -0.384. The first-order chi connectivity index (χ1) is 15.6. The molecule has 0 atom stereocenters. The Kier molecular flexibility index (Phi) is 6.28. The summed E-state index contributed by atoms with van der Waals surface area (Å²) in [5.41, 5.74) is 4.78. The normalized spacial score (nSPS) is 14.0. The van der Waals surface area contributed by atoms with Crippen LogP contribution in [0.1, 0.15) is 30.0 Å². The first-order valence-electron chi connectivity index (χ1n) is 10.5. The maximum absolute atomic E-state index is 12.9. The number of nitrogens with zero attached hydrogens (tertiary/aromatic N) is 1. The summed E-state index contributed by atoms with van der Waals surface area (Å²) in [7, 11) is 0. The lowest BCUT2D eigenvalue weighted by atomic mass is 9.99. The van der Waals surface area contributed by atoms with Crippen molar-refractivity contribution >= 4 is 34.2 Å². The molecule has 3 aromatic carbocycles. The molecule has 1 amide bonds. The SMILES string of the molecule is CCCNCc1ccc(N/C(=C2\C(=O)Nc3ccc([N+](=O)[O-])cc32)c2ccccc2)cc1.